The molecule has 0 bridgehead atoms. The van der Waals surface area contributed by atoms with E-state index in [9.17, 15) is 5.11 Å². The zero-order valence-electron chi connectivity index (χ0n) is 15.9. The maximum absolute atomic E-state index is 10.4. The average Bonchev–Trinajstić information content (AvgIpc) is 3.11. The zero-order valence-corrected chi connectivity index (χ0v) is 18.4. The van der Waals surface area contributed by atoms with Crippen LogP contribution in [0.15, 0.2) is 60.7 Å². The average molecular weight is 459 g/mol. The lowest BCUT2D eigenvalue weighted by Gasteiger charge is -2.23. The standard InChI is InChI=1S/C23H26N2OS.BrH/c26-23-21(22(27-25-23)19-13-15-24-16-14-19)12-11-20(17-7-3-1-4-8-17)18-9-5-2-6-10-18;/h1-10,19-20,24H,11-16H2,(H,25,26);1H. The van der Waals surface area contributed by atoms with Gasteiger partial charge in [-0.1, -0.05) is 60.7 Å². The van der Waals surface area contributed by atoms with Gasteiger partial charge < -0.3 is 10.4 Å². The Bertz CT molecular complexity index is 808. The minimum Gasteiger partial charge on any atom is -0.492 e. The van der Waals surface area contributed by atoms with Gasteiger partial charge in [-0.3, -0.25) is 0 Å². The lowest BCUT2D eigenvalue weighted by molar-refractivity contribution is 0.442. The van der Waals surface area contributed by atoms with Gasteiger partial charge >= 0.3 is 0 Å². The monoisotopic (exact) mass is 458 g/mol. The van der Waals surface area contributed by atoms with Crippen molar-refractivity contribution in [3.8, 4) is 5.88 Å². The quantitative estimate of drug-likeness (QED) is 0.500. The molecule has 1 aliphatic heterocycles. The van der Waals surface area contributed by atoms with Crippen molar-refractivity contribution in [3.05, 3.63) is 82.2 Å². The summed E-state index contributed by atoms with van der Waals surface area (Å²) in [6, 6.07) is 21.4. The van der Waals surface area contributed by atoms with E-state index in [1.54, 1.807) is 0 Å². The van der Waals surface area contributed by atoms with Gasteiger partial charge in [-0.2, -0.15) is 4.37 Å². The molecule has 0 aliphatic carbocycles. The van der Waals surface area contributed by atoms with E-state index in [4.69, 9.17) is 0 Å². The largest absolute Gasteiger partial charge is 0.492 e. The Labute approximate surface area is 181 Å². The van der Waals surface area contributed by atoms with E-state index >= 15 is 0 Å². The van der Waals surface area contributed by atoms with Crippen LogP contribution in [0.5, 0.6) is 5.88 Å². The van der Waals surface area contributed by atoms with Crippen molar-refractivity contribution < 1.29 is 5.11 Å². The van der Waals surface area contributed by atoms with Crippen LogP contribution in [0.25, 0.3) is 0 Å². The smallest absolute Gasteiger partial charge is 0.226 e. The molecule has 3 nitrogen and oxygen atoms in total. The molecule has 2 heterocycles. The lowest BCUT2D eigenvalue weighted by Crippen LogP contribution is -2.26. The first-order chi connectivity index (χ1) is 13.3. The second kappa shape index (κ2) is 10.2. The van der Waals surface area contributed by atoms with Crippen molar-refractivity contribution in [2.24, 2.45) is 0 Å². The fraction of sp³-hybridized carbons (Fsp3) is 0.348. The van der Waals surface area contributed by atoms with Gasteiger partial charge in [0, 0.05) is 16.4 Å². The Morgan fingerprint density at radius 3 is 2.11 bits per heavy atom. The molecule has 0 spiro atoms. The van der Waals surface area contributed by atoms with Crippen LogP contribution in [-0.2, 0) is 6.42 Å². The molecule has 4 rings (SSSR count). The molecule has 0 amide bonds. The first kappa shape index (κ1) is 21.0. The predicted molar refractivity (Wildman–Crippen MR) is 122 cm³/mol. The molecule has 1 saturated heterocycles. The highest BCUT2D eigenvalue weighted by atomic mass is 79.9. The normalized spacial score (nSPS) is 14.8. The third-order valence-corrected chi connectivity index (χ3v) is 6.64. The van der Waals surface area contributed by atoms with Crippen molar-refractivity contribution in [3.63, 3.8) is 0 Å². The van der Waals surface area contributed by atoms with Gasteiger partial charge in [-0.15, -0.1) is 17.0 Å². The van der Waals surface area contributed by atoms with Crippen LogP contribution in [0.3, 0.4) is 0 Å². The first-order valence-corrected chi connectivity index (χ1v) is 10.6. The summed E-state index contributed by atoms with van der Waals surface area (Å²) in [6.45, 7) is 2.11. The van der Waals surface area contributed by atoms with Gasteiger partial charge in [-0.25, -0.2) is 0 Å². The Morgan fingerprint density at radius 1 is 0.964 bits per heavy atom. The number of hydrogen-bond donors (Lipinski definition) is 2. The highest BCUT2D eigenvalue weighted by Gasteiger charge is 2.24. The van der Waals surface area contributed by atoms with Crippen LogP contribution in [-0.4, -0.2) is 22.6 Å². The van der Waals surface area contributed by atoms with E-state index in [1.165, 1.54) is 27.5 Å². The van der Waals surface area contributed by atoms with Gasteiger partial charge in [0.25, 0.3) is 0 Å². The second-order valence-corrected chi connectivity index (χ2v) is 8.09. The van der Waals surface area contributed by atoms with Crippen LogP contribution < -0.4 is 5.32 Å². The molecule has 148 valence electrons. The third-order valence-electron chi connectivity index (χ3n) is 5.59. The van der Waals surface area contributed by atoms with Crippen molar-refractivity contribution >= 4 is 28.5 Å². The Morgan fingerprint density at radius 2 is 1.54 bits per heavy atom. The number of benzene rings is 2. The molecule has 0 atom stereocenters. The summed E-state index contributed by atoms with van der Waals surface area (Å²) < 4.78 is 4.29. The first-order valence-electron chi connectivity index (χ1n) is 9.81. The van der Waals surface area contributed by atoms with Crippen molar-refractivity contribution in [1.29, 1.82) is 0 Å². The molecule has 0 radical (unpaired) electrons. The number of rotatable bonds is 6. The van der Waals surface area contributed by atoms with Crippen LogP contribution in [0.2, 0.25) is 0 Å². The van der Waals surface area contributed by atoms with E-state index in [-0.39, 0.29) is 22.9 Å². The maximum Gasteiger partial charge on any atom is 0.226 e. The summed E-state index contributed by atoms with van der Waals surface area (Å²) in [7, 11) is 0. The summed E-state index contributed by atoms with van der Waals surface area (Å²) >= 11 is 1.50. The van der Waals surface area contributed by atoms with Crippen LogP contribution in [0.1, 0.15) is 52.7 Å². The molecular formula is C23H27BrN2OS. The SMILES string of the molecule is Br.Oc1nsc(C2CCNCC2)c1CCC(c1ccccc1)c1ccccc1. The Kier molecular flexibility index (Phi) is 7.65. The summed E-state index contributed by atoms with van der Waals surface area (Å²) in [5.74, 6) is 1.10. The van der Waals surface area contributed by atoms with E-state index in [0.717, 1.165) is 44.3 Å². The number of halogens is 1. The second-order valence-electron chi connectivity index (χ2n) is 7.29. The minimum absolute atomic E-state index is 0. The van der Waals surface area contributed by atoms with E-state index in [0.29, 0.717) is 11.8 Å². The molecule has 1 fully saturated rings. The summed E-state index contributed by atoms with van der Waals surface area (Å²) in [6.07, 6.45) is 4.10. The number of hydrogen-bond acceptors (Lipinski definition) is 4. The van der Waals surface area contributed by atoms with Gasteiger partial charge in [0.15, 0.2) is 0 Å². The molecule has 0 unspecified atom stereocenters. The Hall–Kier alpha value is -1.69. The lowest BCUT2D eigenvalue weighted by atomic mass is 9.85. The molecule has 1 aromatic heterocycles. The summed E-state index contributed by atoms with van der Waals surface area (Å²) in [4.78, 5) is 1.30. The van der Waals surface area contributed by atoms with Crippen molar-refractivity contribution in [2.45, 2.75) is 37.5 Å². The van der Waals surface area contributed by atoms with Crippen LogP contribution in [0, 0.1) is 0 Å². The van der Waals surface area contributed by atoms with Gasteiger partial charge in [0.05, 0.1) is 0 Å². The molecule has 0 saturated carbocycles. The molecule has 5 heteroatoms. The van der Waals surface area contributed by atoms with Gasteiger partial charge in [-0.05, 0) is 67.4 Å². The predicted octanol–water partition coefficient (Wildman–Crippen LogP) is 5.66. The number of nitrogens with one attached hydrogen (secondary N) is 1. The highest BCUT2D eigenvalue weighted by Crippen LogP contribution is 2.38. The number of piperidine rings is 1. The fourth-order valence-electron chi connectivity index (χ4n) is 4.14. The molecule has 2 N–H and O–H groups in total. The van der Waals surface area contributed by atoms with Crippen molar-refractivity contribution in [2.75, 3.05) is 13.1 Å². The molecule has 1 aliphatic rings. The highest BCUT2D eigenvalue weighted by molar-refractivity contribution is 8.93. The topological polar surface area (TPSA) is 45.2 Å². The third kappa shape index (κ3) is 4.83. The zero-order chi connectivity index (χ0) is 18.5. The molecular weight excluding hydrogens is 432 g/mol. The van der Waals surface area contributed by atoms with E-state index < -0.39 is 0 Å². The Balaban J connectivity index is 0.00000225. The molecule has 2 aromatic carbocycles. The summed E-state index contributed by atoms with van der Waals surface area (Å²) in [5, 5.41) is 13.8. The number of aromatic nitrogens is 1. The van der Waals surface area contributed by atoms with Gasteiger partial charge in [0.2, 0.25) is 5.88 Å². The summed E-state index contributed by atoms with van der Waals surface area (Å²) in [5.41, 5.74) is 3.73. The molecule has 3 aromatic rings. The van der Waals surface area contributed by atoms with E-state index in [1.807, 2.05) is 0 Å². The van der Waals surface area contributed by atoms with Crippen molar-refractivity contribution in [1.82, 2.24) is 9.69 Å². The van der Waals surface area contributed by atoms with Crippen LogP contribution in [0.4, 0.5) is 0 Å². The van der Waals surface area contributed by atoms with E-state index in [2.05, 4.69) is 70.4 Å². The minimum atomic E-state index is 0. The van der Waals surface area contributed by atoms with Gasteiger partial charge in [0.1, 0.15) is 0 Å². The number of nitrogens with zero attached hydrogens (tertiary/aromatic N) is 1. The fourth-order valence-corrected chi connectivity index (χ4v) is 5.12. The number of aromatic hydroxyl groups is 1. The molecule has 28 heavy (non-hydrogen) atoms. The maximum atomic E-state index is 10.4. The van der Waals surface area contributed by atoms with Crippen LogP contribution >= 0.6 is 28.5 Å².